The second-order valence-corrected chi connectivity index (χ2v) is 7.83. The molecule has 162 valence electrons. The SMILES string of the molecule is CCC(=O)N1CCc2cc(OC)c(OC)cc2[C@@H]1c1cc2cc(CC)ccc2[nH]c1=O. The van der Waals surface area contributed by atoms with Gasteiger partial charge in [-0.15, -0.1) is 0 Å². The number of rotatable bonds is 5. The van der Waals surface area contributed by atoms with E-state index in [1.54, 1.807) is 14.2 Å². The van der Waals surface area contributed by atoms with E-state index in [0.29, 0.717) is 36.4 Å². The van der Waals surface area contributed by atoms with E-state index < -0.39 is 6.04 Å². The first kappa shape index (κ1) is 21.0. The fraction of sp³-hybridized carbons (Fsp3) is 0.360. The van der Waals surface area contributed by atoms with E-state index in [9.17, 15) is 9.59 Å². The van der Waals surface area contributed by atoms with Crippen molar-refractivity contribution in [2.24, 2.45) is 0 Å². The summed E-state index contributed by atoms with van der Waals surface area (Å²) < 4.78 is 11.0. The summed E-state index contributed by atoms with van der Waals surface area (Å²) in [6, 6.07) is 11.4. The molecule has 2 heterocycles. The number of fused-ring (bicyclic) bond motifs is 2. The third-order valence-corrected chi connectivity index (χ3v) is 6.14. The number of methoxy groups -OCH3 is 2. The number of pyridine rings is 1. The number of nitrogens with zero attached hydrogens (tertiary/aromatic N) is 1. The molecule has 6 heteroatoms. The minimum atomic E-state index is -0.477. The van der Waals surface area contributed by atoms with Gasteiger partial charge in [-0.2, -0.15) is 0 Å². The molecule has 0 bridgehead atoms. The number of H-pyrrole nitrogens is 1. The van der Waals surface area contributed by atoms with Crippen molar-refractivity contribution in [1.82, 2.24) is 9.88 Å². The van der Waals surface area contributed by atoms with Crippen LogP contribution in [0.2, 0.25) is 0 Å². The lowest BCUT2D eigenvalue weighted by Crippen LogP contribution is -2.42. The van der Waals surface area contributed by atoms with Gasteiger partial charge in [0.15, 0.2) is 11.5 Å². The lowest BCUT2D eigenvalue weighted by Gasteiger charge is -2.37. The molecule has 1 aliphatic rings. The molecular formula is C25H28N2O4. The summed E-state index contributed by atoms with van der Waals surface area (Å²) in [5.74, 6) is 1.25. The summed E-state index contributed by atoms with van der Waals surface area (Å²) in [4.78, 5) is 30.9. The topological polar surface area (TPSA) is 71.6 Å². The van der Waals surface area contributed by atoms with Crippen LogP contribution in [0, 0.1) is 0 Å². The molecular weight excluding hydrogens is 392 g/mol. The average Bonchev–Trinajstić information content (AvgIpc) is 2.81. The van der Waals surface area contributed by atoms with Crippen LogP contribution in [0.1, 0.15) is 48.6 Å². The first-order valence-electron chi connectivity index (χ1n) is 10.7. The number of nitrogens with one attached hydrogen (secondary N) is 1. The Hall–Kier alpha value is -3.28. The predicted molar refractivity (Wildman–Crippen MR) is 121 cm³/mol. The van der Waals surface area contributed by atoms with E-state index >= 15 is 0 Å². The van der Waals surface area contributed by atoms with Crippen molar-refractivity contribution in [1.29, 1.82) is 0 Å². The highest BCUT2D eigenvalue weighted by Gasteiger charge is 2.34. The Labute approximate surface area is 181 Å². The first-order valence-corrected chi connectivity index (χ1v) is 10.7. The summed E-state index contributed by atoms with van der Waals surface area (Å²) in [6.07, 6.45) is 1.99. The first-order chi connectivity index (χ1) is 15.0. The molecule has 1 N–H and O–H groups in total. The van der Waals surface area contributed by atoms with Crippen molar-refractivity contribution < 1.29 is 14.3 Å². The zero-order valence-electron chi connectivity index (χ0n) is 18.5. The molecule has 0 fully saturated rings. The molecule has 2 aromatic carbocycles. The highest BCUT2D eigenvalue weighted by Crippen LogP contribution is 2.40. The second-order valence-electron chi connectivity index (χ2n) is 7.83. The Morgan fingerprint density at radius 3 is 2.48 bits per heavy atom. The van der Waals surface area contributed by atoms with Crippen LogP contribution in [0.15, 0.2) is 41.2 Å². The summed E-state index contributed by atoms with van der Waals surface area (Å²) in [6.45, 7) is 4.50. The maximum absolute atomic E-state index is 13.2. The fourth-order valence-electron chi connectivity index (χ4n) is 4.45. The maximum Gasteiger partial charge on any atom is 0.254 e. The number of ether oxygens (including phenoxy) is 2. The molecule has 31 heavy (non-hydrogen) atoms. The van der Waals surface area contributed by atoms with Crippen LogP contribution in [-0.4, -0.2) is 36.6 Å². The van der Waals surface area contributed by atoms with Crippen molar-refractivity contribution in [3.63, 3.8) is 0 Å². The van der Waals surface area contributed by atoms with Crippen LogP contribution in [0.3, 0.4) is 0 Å². The number of aromatic amines is 1. The molecule has 0 saturated carbocycles. The molecule has 1 atom stereocenters. The molecule has 3 aromatic rings. The Morgan fingerprint density at radius 2 is 1.81 bits per heavy atom. The van der Waals surface area contributed by atoms with Gasteiger partial charge >= 0.3 is 0 Å². The van der Waals surface area contributed by atoms with Gasteiger partial charge in [-0.05, 0) is 65.3 Å². The highest BCUT2D eigenvalue weighted by atomic mass is 16.5. The summed E-state index contributed by atoms with van der Waals surface area (Å²) in [5, 5.41) is 0.963. The van der Waals surface area contributed by atoms with Gasteiger partial charge < -0.3 is 19.4 Å². The minimum absolute atomic E-state index is 0.0206. The Morgan fingerprint density at radius 1 is 1.06 bits per heavy atom. The van der Waals surface area contributed by atoms with Crippen LogP contribution in [0.25, 0.3) is 10.9 Å². The maximum atomic E-state index is 13.2. The lowest BCUT2D eigenvalue weighted by molar-refractivity contribution is -0.132. The van der Waals surface area contributed by atoms with Gasteiger partial charge in [0, 0.05) is 24.0 Å². The Bertz CT molecular complexity index is 1200. The number of hydrogen-bond donors (Lipinski definition) is 1. The summed E-state index contributed by atoms with van der Waals surface area (Å²) in [7, 11) is 3.20. The molecule has 4 rings (SSSR count). The van der Waals surface area contributed by atoms with E-state index in [2.05, 4.69) is 18.0 Å². The third-order valence-electron chi connectivity index (χ3n) is 6.14. The number of aryl methyl sites for hydroxylation is 1. The molecule has 1 aliphatic heterocycles. The summed E-state index contributed by atoms with van der Waals surface area (Å²) >= 11 is 0. The van der Waals surface area contributed by atoms with Crippen LogP contribution in [0.5, 0.6) is 11.5 Å². The molecule has 0 saturated heterocycles. The van der Waals surface area contributed by atoms with Crippen molar-refractivity contribution in [2.45, 2.75) is 39.2 Å². The van der Waals surface area contributed by atoms with Gasteiger partial charge in [0.25, 0.3) is 5.56 Å². The largest absolute Gasteiger partial charge is 0.493 e. The predicted octanol–water partition coefficient (Wildman–Crippen LogP) is 3.99. The van der Waals surface area contributed by atoms with Crippen LogP contribution in [0.4, 0.5) is 0 Å². The van der Waals surface area contributed by atoms with Gasteiger partial charge in [-0.1, -0.05) is 19.9 Å². The summed E-state index contributed by atoms with van der Waals surface area (Å²) in [5.41, 5.74) is 4.34. The number of benzene rings is 2. The quantitative estimate of drug-likeness (QED) is 0.677. The van der Waals surface area contributed by atoms with Gasteiger partial charge in [-0.25, -0.2) is 0 Å². The lowest BCUT2D eigenvalue weighted by atomic mass is 9.87. The minimum Gasteiger partial charge on any atom is -0.493 e. The van der Waals surface area contributed by atoms with Crippen molar-refractivity contribution in [3.8, 4) is 11.5 Å². The van der Waals surface area contributed by atoms with E-state index in [4.69, 9.17) is 9.47 Å². The number of carbonyl (C=O) groups excluding carboxylic acids is 1. The van der Waals surface area contributed by atoms with Crippen LogP contribution >= 0.6 is 0 Å². The Kier molecular flexibility index (Phi) is 5.72. The van der Waals surface area contributed by atoms with Crippen LogP contribution < -0.4 is 15.0 Å². The van der Waals surface area contributed by atoms with Gasteiger partial charge in [-0.3, -0.25) is 9.59 Å². The molecule has 0 radical (unpaired) electrons. The molecule has 1 amide bonds. The zero-order chi connectivity index (χ0) is 22.1. The average molecular weight is 421 g/mol. The molecule has 0 unspecified atom stereocenters. The van der Waals surface area contributed by atoms with Gasteiger partial charge in [0.2, 0.25) is 5.91 Å². The molecule has 6 nitrogen and oxygen atoms in total. The molecule has 0 aliphatic carbocycles. The highest BCUT2D eigenvalue weighted by molar-refractivity contribution is 5.81. The van der Waals surface area contributed by atoms with Crippen molar-refractivity contribution in [3.05, 3.63) is 69.0 Å². The van der Waals surface area contributed by atoms with Gasteiger partial charge in [0.05, 0.1) is 20.3 Å². The van der Waals surface area contributed by atoms with E-state index in [-0.39, 0.29) is 11.5 Å². The van der Waals surface area contributed by atoms with E-state index in [1.807, 2.05) is 42.2 Å². The number of carbonyl (C=O) groups is 1. The normalized spacial score (nSPS) is 15.6. The molecule has 1 aromatic heterocycles. The molecule has 0 spiro atoms. The van der Waals surface area contributed by atoms with Gasteiger partial charge in [0.1, 0.15) is 0 Å². The monoisotopic (exact) mass is 420 g/mol. The van der Waals surface area contributed by atoms with Crippen molar-refractivity contribution in [2.75, 3.05) is 20.8 Å². The van der Waals surface area contributed by atoms with E-state index in [0.717, 1.165) is 28.5 Å². The number of amides is 1. The Balaban J connectivity index is 1.96. The standard InChI is InChI=1S/C25H28N2O4/c1-5-15-7-8-20-17(11-15)12-19(25(29)26-20)24-18-14-22(31-4)21(30-3)13-16(18)9-10-27(24)23(28)6-2/h7-8,11-14,24H,5-6,9-10H2,1-4H3,(H,26,29)/t24-/m1/s1. The van der Waals surface area contributed by atoms with E-state index in [1.165, 1.54) is 5.56 Å². The zero-order valence-corrected chi connectivity index (χ0v) is 18.5. The fourth-order valence-corrected chi connectivity index (χ4v) is 4.45. The number of aromatic nitrogens is 1. The third kappa shape index (κ3) is 3.67. The van der Waals surface area contributed by atoms with Crippen molar-refractivity contribution >= 4 is 16.8 Å². The number of hydrogen-bond acceptors (Lipinski definition) is 4. The second kappa shape index (κ2) is 8.46. The van der Waals surface area contributed by atoms with Crippen LogP contribution in [-0.2, 0) is 17.6 Å². The smallest absolute Gasteiger partial charge is 0.254 e.